The Balaban J connectivity index is 0.00000608. The summed E-state index contributed by atoms with van der Waals surface area (Å²) in [6.45, 7) is 22.0. The number of benzene rings is 4. The average molecular weight is 1090 g/mol. The van der Waals surface area contributed by atoms with Crippen molar-refractivity contribution in [1.29, 1.82) is 0 Å². The molecule has 0 aliphatic heterocycles. The smallest absolute Gasteiger partial charge is 0.459 e. The van der Waals surface area contributed by atoms with Gasteiger partial charge in [-0.2, -0.15) is 40.1 Å². The second-order valence-electron chi connectivity index (χ2n) is 21.3. The number of imidazole rings is 2. The number of ether oxygens (including phenoxy) is 1. The number of rotatable bonds is 9. The molecule has 10 rings (SSSR count). The number of nitrogens with zero attached hydrogens (tertiary/aromatic N) is 6. The van der Waals surface area contributed by atoms with Gasteiger partial charge in [0.15, 0.2) is 5.65 Å². The molecule has 5 aromatic heterocycles. The van der Waals surface area contributed by atoms with Gasteiger partial charge in [-0.25, -0.2) is 4.98 Å². The SMILES string of the molecule is [2H]C([2H])([2H])c1cnc(-c2[c-]c(Oc3ccc4c(n3)n(-c3[c-]ccc(C5CCC(C)(C)CC5)c3)c3nc5ccccc5n43)cc3nc(-c4c(C(C)C)cc(C(C)C)cc4C(C)C)sc23)cc1C(C)(C)C.[Pt+2]. The molecular formula is C58H62N6OPtS. The molecule has 0 unspecified atom stereocenters. The number of fused-ring (bicyclic) bond motifs is 6. The molecule has 9 aromatic rings. The van der Waals surface area contributed by atoms with Crippen molar-refractivity contribution in [3.63, 3.8) is 0 Å². The molecular weight excluding hydrogens is 1020 g/mol. The third kappa shape index (κ3) is 8.67. The first kappa shape index (κ1) is 43.1. The fourth-order valence-electron chi connectivity index (χ4n) is 9.94. The van der Waals surface area contributed by atoms with Crippen LogP contribution in [-0.2, 0) is 26.5 Å². The molecule has 1 aliphatic carbocycles. The van der Waals surface area contributed by atoms with Gasteiger partial charge in [-0.15, -0.1) is 11.6 Å². The van der Waals surface area contributed by atoms with Crippen molar-refractivity contribution in [2.75, 3.05) is 0 Å². The number of hydrogen-bond donors (Lipinski definition) is 0. The van der Waals surface area contributed by atoms with Crippen LogP contribution in [0.15, 0.2) is 85.1 Å². The van der Waals surface area contributed by atoms with E-state index in [0.29, 0.717) is 51.3 Å². The Labute approximate surface area is 419 Å². The minimum atomic E-state index is -2.33. The molecule has 346 valence electrons. The third-order valence-electron chi connectivity index (χ3n) is 13.8. The quantitative estimate of drug-likeness (QED) is 0.135. The summed E-state index contributed by atoms with van der Waals surface area (Å²) in [6, 6.07) is 34.4. The zero-order valence-electron chi connectivity index (χ0n) is 43.5. The maximum absolute atomic E-state index is 8.41. The van der Waals surface area contributed by atoms with Gasteiger partial charge in [0.1, 0.15) is 5.01 Å². The summed E-state index contributed by atoms with van der Waals surface area (Å²) in [5.41, 5.74) is 13.6. The standard InChI is InChI=1S/C58H62N6OS.Pt/c1-33(2)39-27-42(34(3)4)52(43(28-39)35(5)6)55-60-48-30-41(29-44(53(48)66-55)47-31-45(57(8,9)10)36(7)32-59-47)65-51-21-20-50-54(62-51)63(56-61-46-18-13-14-19-49(46)64(50)56)40-17-15-16-38(26-40)37-22-24-58(11,12)25-23-37;/h13-16,18-21,26-28,30-35,37H,22-25H2,1-12H3;/q-2;+2/i7D3;. The van der Waals surface area contributed by atoms with Gasteiger partial charge < -0.3 is 9.72 Å². The van der Waals surface area contributed by atoms with Gasteiger partial charge in [0.25, 0.3) is 0 Å². The van der Waals surface area contributed by atoms with Crippen molar-refractivity contribution in [2.24, 2.45) is 5.41 Å². The summed E-state index contributed by atoms with van der Waals surface area (Å²) < 4.78 is 37.2. The number of thiazole rings is 1. The summed E-state index contributed by atoms with van der Waals surface area (Å²) in [7, 11) is 0. The van der Waals surface area contributed by atoms with E-state index in [1.165, 1.54) is 46.9 Å². The van der Waals surface area contributed by atoms with E-state index in [-0.39, 0.29) is 38.5 Å². The van der Waals surface area contributed by atoms with Crippen LogP contribution in [0.2, 0.25) is 0 Å². The minimum absolute atomic E-state index is 0. The molecule has 1 saturated carbocycles. The van der Waals surface area contributed by atoms with Crippen LogP contribution in [-0.4, -0.2) is 28.9 Å². The topological polar surface area (TPSA) is 70.1 Å². The van der Waals surface area contributed by atoms with Crippen LogP contribution >= 0.6 is 11.3 Å². The minimum Gasteiger partial charge on any atom is -0.459 e. The Bertz CT molecular complexity index is 3410. The molecule has 7 nitrogen and oxygen atoms in total. The third-order valence-corrected chi connectivity index (χ3v) is 14.9. The van der Waals surface area contributed by atoms with Gasteiger partial charge in [0.2, 0.25) is 11.7 Å². The molecule has 1 aliphatic rings. The van der Waals surface area contributed by atoms with E-state index >= 15 is 0 Å². The molecule has 0 atom stereocenters. The van der Waals surface area contributed by atoms with Gasteiger partial charge in [-0.05, 0) is 123 Å². The van der Waals surface area contributed by atoms with Crippen LogP contribution in [0.4, 0.5) is 0 Å². The second-order valence-corrected chi connectivity index (χ2v) is 22.3. The Morgan fingerprint density at radius 1 is 0.836 bits per heavy atom. The van der Waals surface area contributed by atoms with Crippen molar-refractivity contribution in [2.45, 2.75) is 138 Å². The number of hydrogen-bond acceptors (Lipinski definition) is 6. The van der Waals surface area contributed by atoms with Crippen LogP contribution in [0.3, 0.4) is 0 Å². The average Bonchev–Trinajstić information content (AvgIpc) is 3.98. The van der Waals surface area contributed by atoms with E-state index in [1.807, 2.05) is 63.2 Å². The Morgan fingerprint density at radius 2 is 1.57 bits per heavy atom. The van der Waals surface area contributed by atoms with Crippen molar-refractivity contribution in [3.8, 4) is 39.1 Å². The fraction of sp³-hybridized carbons (Fsp3) is 0.379. The Hall–Kier alpha value is -5.17. The summed E-state index contributed by atoms with van der Waals surface area (Å²) >= 11 is 1.62. The van der Waals surface area contributed by atoms with Crippen LogP contribution in [0.1, 0.15) is 163 Å². The molecule has 0 bridgehead atoms. The van der Waals surface area contributed by atoms with E-state index < -0.39 is 12.3 Å². The van der Waals surface area contributed by atoms with Gasteiger partial charge >= 0.3 is 21.1 Å². The van der Waals surface area contributed by atoms with Crippen LogP contribution in [0.25, 0.3) is 65.7 Å². The van der Waals surface area contributed by atoms with Crippen LogP contribution < -0.4 is 4.74 Å². The maximum Gasteiger partial charge on any atom is 2.00 e. The van der Waals surface area contributed by atoms with Crippen molar-refractivity contribution in [3.05, 3.63) is 131 Å². The van der Waals surface area contributed by atoms with Crippen molar-refractivity contribution >= 4 is 49.5 Å². The first-order valence-electron chi connectivity index (χ1n) is 25.2. The molecule has 4 aromatic carbocycles. The van der Waals surface area contributed by atoms with E-state index in [2.05, 4.69) is 113 Å². The summed E-state index contributed by atoms with van der Waals surface area (Å²) in [6.07, 6.45) is 6.23. The van der Waals surface area contributed by atoms with E-state index in [0.717, 1.165) is 56.1 Å². The molecule has 5 heterocycles. The molecule has 0 radical (unpaired) electrons. The molecule has 0 N–H and O–H groups in total. The summed E-state index contributed by atoms with van der Waals surface area (Å²) in [5.74, 6) is 2.94. The zero-order chi connectivity index (χ0) is 48.9. The van der Waals surface area contributed by atoms with E-state index in [1.54, 1.807) is 11.3 Å². The van der Waals surface area contributed by atoms with Crippen LogP contribution in [0.5, 0.6) is 11.6 Å². The summed E-state index contributed by atoms with van der Waals surface area (Å²) in [5, 5.41) is 0.915. The van der Waals surface area contributed by atoms with E-state index in [9.17, 15) is 0 Å². The number of aryl methyl sites for hydroxylation is 1. The van der Waals surface area contributed by atoms with E-state index in [4.69, 9.17) is 28.8 Å². The predicted molar refractivity (Wildman–Crippen MR) is 274 cm³/mol. The molecule has 1 fully saturated rings. The number of aromatic nitrogens is 6. The Kier molecular flexibility index (Phi) is 11.4. The van der Waals surface area contributed by atoms with Crippen molar-refractivity contribution in [1.82, 2.24) is 28.9 Å². The zero-order valence-corrected chi connectivity index (χ0v) is 43.6. The number of pyridine rings is 2. The largest absolute Gasteiger partial charge is 2.00 e. The van der Waals surface area contributed by atoms with Gasteiger partial charge in [-0.3, -0.25) is 14.0 Å². The molecule has 67 heavy (non-hydrogen) atoms. The normalized spacial score (nSPS) is 15.5. The first-order chi connectivity index (χ1) is 32.6. The predicted octanol–water partition coefficient (Wildman–Crippen LogP) is 16.2. The fourth-order valence-corrected chi connectivity index (χ4v) is 11.1. The molecule has 9 heteroatoms. The first-order valence-corrected chi connectivity index (χ1v) is 24.5. The molecule has 0 saturated heterocycles. The molecule has 0 amide bonds. The monoisotopic (exact) mass is 1090 g/mol. The van der Waals surface area contributed by atoms with Crippen molar-refractivity contribution < 1.29 is 29.9 Å². The van der Waals surface area contributed by atoms with Crippen LogP contribution in [0, 0.1) is 24.4 Å². The summed E-state index contributed by atoms with van der Waals surface area (Å²) in [4.78, 5) is 20.7. The van der Waals surface area contributed by atoms with Gasteiger partial charge in [-0.1, -0.05) is 124 Å². The molecule has 0 spiro atoms. The van der Waals surface area contributed by atoms with Gasteiger partial charge in [0.05, 0.1) is 16.6 Å². The Morgan fingerprint density at radius 3 is 2.25 bits per heavy atom. The second kappa shape index (κ2) is 17.7. The van der Waals surface area contributed by atoms with Gasteiger partial charge in [0, 0.05) is 33.2 Å². The maximum atomic E-state index is 8.41. The number of para-hydroxylation sites is 2.